The zero-order chi connectivity index (χ0) is 26.4. The predicted molar refractivity (Wildman–Crippen MR) is 122 cm³/mol. The fourth-order valence-corrected chi connectivity index (χ4v) is 5.22. The minimum absolute atomic E-state index is 0.156. The minimum atomic E-state index is -5.02. The summed E-state index contributed by atoms with van der Waals surface area (Å²) in [7, 11) is 0. The maximum atomic E-state index is 13.4. The van der Waals surface area contributed by atoms with E-state index < -0.39 is 48.6 Å². The summed E-state index contributed by atoms with van der Waals surface area (Å²) in [4.78, 5) is 60.1. The van der Waals surface area contributed by atoms with Gasteiger partial charge in [-0.15, -0.1) is 13.2 Å². The molecule has 0 bridgehead atoms. The number of aromatic nitrogens is 2. The van der Waals surface area contributed by atoms with Gasteiger partial charge in [-0.1, -0.05) is 0 Å². The number of alkyl halides is 3. The largest absolute Gasteiger partial charge is 0.522 e. The second-order valence-corrected chi connectivity index (χ2v) is 10.1. The molecule has 37 heavy (non-hydrogen) atoms. The molecule has 3 fully saturated rings. The van der Waals surface area contributed by atoms with Crippen molar-refractivity contribution < 1.29 is 37.1 Å². The van der Waals surface area contributed by atoms with Crippen molar-refractivity contribution in [3.05, 3.63) is 30.1 Å². The van der Waals surface area contributed by atoms with Crippen molar-refractivity contribution in [3.63, 3.8) is 0 Å². The number of amides is 3. The third-order valence-electron chi connectivity index (χ3n) is 7.42. The maximum Gasteiger partial charge on any atom is 0.522 e. The van der Waals surface area contributed by atoms with Crippen LogP contribution in [0.3, 0.4) is 0 Å². The van der Waals surface area contributed by atoms with Crippen LogP contribution in [-0.2, 0) is 19.1 Å². The molecule has 2 aromatic rings. The van der Waals surface area contributed by atoms with E-state index in [1.165, 1.54) is 4.90 Å². The molecule has 2 aliphatic heterocycles. The van der Waals surface area contributed by atoms with Crippen molar-refractivity contribution in [2.75, 3.05) is 19.7 Å². The Morgan fingerprint density at radius 3 is 2.73 bits per heavy atom. The van der Waals surface area contributed by atoms with Crippen molar-refractivity contribution in [2.24, 2.45) is 11.3 Å². The first-order valence-electron chi connectivity index (χ1n) is 12.1. The molecule has 1 aliphatic carbocycles. The molecule has 13 heteroatoms. The second kappa shape index (κ2) is 9.43. The Balaban J connectivity index is 1.34. The molecule has 0 aromatic carbocycles. The number of Topliss-reactive ketones (excluding diaryl/α,β-unsaturated/α-hetero) is 1. The third-order valence-corrected chi connectivity index (χ3v) is 7.42. The molecule has 0 radical (unpaired) electrons. The number of hydrogen-bond acceptors (Lipinski definition) is 6. The van der Waals surface area contributed by atoms with Crippen molar-refractivity contribution >= 4 is 34.5 Å². The van der Waals surface area contributed by atoms with Crippen LogP contribution in [-0.4, -0.2) is 76.5 Å². The maximum absolute atomic E-state index is 13.4. The molecule has 4 heterocycles. The summed E-state index contributed by atoms with van der Waals surface area (Å²) in [6.07, 6.45) is -1.12. The standard InChI is InChI=1S/C24H26F3N5O5/c25-24(26,27)37-11-18(33)15(9-14-3-7-29-20(14)34)31-21(35)17-10-23(4-5-23)12-32(17)22(36)16-8-13-2-1-6-28-19(13)30-16/h1-2,6,8,14-15,17H,3-5,7,9-12H2,(H,28,30)(H,29,34)(H,31,35)/t14-,15?,17-/m0/s1. The van der Waals surface area contributed by atoms with Crippen LogP contribution >= 0.6 is 0 Å². The van der Waals surface area contributed by atoms with Crippen LogP contribution in [0.15, 0.2) is 24.4 Å². The summed E-state index contributed by atoms with van der Waals surface area (Å²) < 4.78 is 41.3. The normalized spacial score (nSPS) is 23.3. The summed E-state index contributed by atoms with van der Waals surface area (Å²) in [6.45, 7) is -0.556. The lowest BCUT2D eigenvalue weighted by Gasteiger charge is -2.26. The number of aromatic amines is 1. The molecule has 3 N–H and O–H groups in total. The summed E-state index contributed by atoms with van der Waals surface area (Å²) in [5, 5.41) is 5.89. The zero-order valence-corrected chi connectivity index (χ0v) is 19.8. The van der Waals surface area contributed by atoms with Gasteiger partial charge in [0.25, 0.3) is 5.91 Å². The van der Waals surface area contributed by atoms with Gasteiger partial charge in [0.1, 0.15) is 24.0 Å². The first-order valence-corrected chi connectivity index (χ1v) is 12.1. The molecule has 3 atom stereocenters. The van der Waals surface area contributed by atoms with E-state index in [0.717, 1.165) is 18.2 Å². The second-order valence-electron chi connectivity index (χ2n) is 10.1. The lowest BCUT2D eigenvalue weighted by Crippen LogP contribution is -2.52. The lowest BCUT2D eigenvalue weighted by atomic mass is 9.95. The molecule has 2 saturated heterocycles. The first kappa shape index (κ1) is 25.2. The van der Waals surface area contributed by atoms with Crippen LogP contribution in [0.25, 0.3) is 11.0 Å². The van der Waals surface area contributed by atoms with Crippen molar-refractivity contribution in [2.45, 2.75) is 50.6 Å². The number of ketones is 1. The number of halogens is 3. The van der Waals surface area contributed by atoms with Gasteiger partial charge in [-0.05, 0) is 55.7 Å². The van der Waals surface area contributed by atoms with Crippen LogP contribution in [0.4, 0.5) is 13.2 Å². The lowest BCUT2D eigenvalue weighted by molar-refractivity contribution is -0.321. The molecule has 1 saturated carbocycles. The van der Waals surface area contributed by atoms with E-state index in [9.17, 15) is 32.3 Å². The quantitative estimate of drug-likeness (QED) is 0.484. The number of ether oxygens (including phenoxy) is 1. The Labute approximate surface area is 209 Å². The van der Waals surface area contributed by atoms with Gasteiger partial charge in [0.05, 0.1) is 6.04 Å². The number of hydrogen-bond donors (Lipinski definition) is 3. The van der Waals surface area contributed by atoms with Gasteiger partial charge in [0, 0.05) is 30.6 Å². The molecule has 10 nitrogen and oxygen atoms in total. The summed E-state index contributed by atoms with van der Waals surface area (Å²) in [5.74, 6) is -3.00. The van der Waals surface area contributed by atoms with E-state index in [-0.39, 0.29) is 23.4 Å². The Bertz CT molecular complexity index is 1210. The molecule has 1 spiro atoms. The number of nitrogens with one attached hydrogen (secondary N) is 3. The fourth-order valence-electron chi connectivity index (χ4n) is 5.22. The molecular weight excluding hydrogens is 495 g/mol. The molecule has 3 aliphatic rings. The van der Waals surface area contributed by atoms with Gasteiger partial charge in [0.15, 0.2) is 5.78 Å². The number of carbonyl (C=O) groups is 4. The highest BCUT2D eigenvalue weighted by Gasteiger charge is 2.55. The highest BCUT2D eigenvalue weighted by atomic mass is 19.4. The van der Waals surface area contributed by atoms with Crippen LogP contribution < -0.4 is 10.6 Å². The number of fused-ring (bicyclic) bond motifs is 1. The zero-order valence-electron chi connectivity index (χ0n) is 19.8. The highest BCUT2D eigenvalue weighted by Crippen LogP contribution is 2.55. The monoisotopic (exact) mass is 521 g/mol. The van der Waals surface area contributed by atoms with E-state index in [2.05, 4.69) is 25.3 Å². The number of rotatable bonds is 8. The number of carbonyl (C=O) groups excluding carboxylic acids is 4. The smallest absolute Gasteiger partial charge is 0.356 e. The molecular formula is C24H26F3N5O5. The van der Waals surface area contributed by atoms with Crippen molar-refractivity contribution in [3.8, 4) is 0 Å². The van der Waals surface area contributed by atoms with Gasteiger partial charge in [0.2, 0.25) is 11.8 Å². The van der Waals surface area contributed by atoms with E-state index in [4.69, 9.17) is 0 Å². The van der Waals surface area contributed by atoms with Crippen LogP contribution in [0, 0.1) is 11.3 Å². The van der Waals surface area contributed by atoms with E-state index in [1.807, 2.05) is 0 Å². The van der Waals surface area contributed by atoms with Crippen molar-refractivity contribution in [1.29, 1.82) is 0 Å². The third kappa shape index (κ3) is 5.45. The first-order chi connectivity index (χ1) is 17.5. The topological polar surface area (TPSA) is 133 Å². The highest BCUT2D eigenvalue weighted by molar-refractivity contribution is 6.01. The van der Waals surface area contributed by atoms with Crippen LogP contribution in [0.2, 0.25) is 0 Å². The molecule has 198 valence electrons. The summed E-state index contributed by atoms with van der Waals surface area (Å²) >= 11 is 0. The number of pyridine rings is 1. The Morgan fingerprint density at radius 2 is 2.08 bits per heavy atom. The Kier molecular flexibility index (Phi) is 6.42. The number of H-pyrrole nitrogens is 1. The Morgan fingerprint density at radius 1 is 1.30 bits per heavy atom. The Hall–Kier alpha value is -3.48. The van der Waals surface area contributed by atoms with Crippen molar-refractivity contribution in [1.82, 2.24) is 25.5 Å². The number of nitrogens with zero attached hydrogens (tertiary/aromatic N) is 2. The van der Waals surface area contributed by atoms with Gasteiger partial charge >= 0.3 is 6.36 Å². The molecule has 3 amide bonds. The summed E-state index contributed by atoms with van der Waals surface area (Å²) in [6, 6.07) is 2.90. The van der Waals surface area contributed by atoms with E-state index >= 15 is 0 Å². The van der Waals surface area contributed by atoms with Gasteiger partial charge < -0.3 is 20.5 Å². The minimum Gasteiger partial charge on any atom is -0.356 e. The van der Waals surface area contributed by atoms with Crippen LogP contribution in [0.1, 0.15) is 42.6 Å². The SMILES string of the molecule is O=C(COC(F)(F)F)C(C[C@@H]1CCNC1=O)NC(=O)[C@@H]1CC2(CC2)CN1C(=O)c1cc2cccnc2[nH]1. The van der Waals surface area contributed by atoms with Gasteiger partial charge in [-0.3, -0.25) is 23.9 Å². The van der Waals surface area contributed by atoms with Gasteiger partial charge in [-0.25, -0.2) is 4.98 Å². The fraction of sp³-hybridized carbons (Fsp3) is 0.542. The molecule has 2 aromatic heterocycles. The number of likely N-dealkylation sites (tertiary alicyclic amines) is 1. The average Bonchev–Trinajstić information content (AvgIpc) is 3.16. The molecule has 1 unspecified atom stereocenters. The average molecular weight is 521 g/mol. The van der Waals surface area contributed by atoms with E-state index in [1.54, 1.807) is 24.4 Å². The van der Waals surface area contributed by atoms with Gasteiger partial charge in [-0.2, -0.15) is 0 Å². The van der Waals surface area contributed by atoms with E-state index in [0.29, 0.717) is 31.6 Å². The summed E-state index contributed by atoms with van der Waals surface area (Å²) in [5.41, 5.74) is 0.599. The molecule has 5 rings (SSSR count). The predicted octanol–water partition coefficient (Wildman–Crippen LogP) is 1.67. The van der Waals surface area contributed by atoms with Crippen LogP contribution in [0.5, 0.6) is 0 Å².